The molecule has 0 spiro atoms. The molecule has 1 saturated heterocycles. The van der Waals surface area contributed by atoms with Crippen LogP contribution in [-0.2, 0) is 4.79 Å². The Kier molecular flexibility index (Phi) is 2.57. The van der Waals surface area contributed by atoms with Crippen LogP contribution in [-0.4, -0.2) is 24.5 Å². The first-order chi connectivity index (χ1) is 9.13. The number of hydrogen-bond donors (Lipinski definition) is 2. The first-order valence-electron chi connectivity index (χ1n) is 7.85. The highest BCUT2D eigenvalue weighted by atomic mass is 16.1. The molecule has 5 rings (SSSR count). The van der Waals surface area contributed by atoms with E-state index in [1.54, 1.807) is 0 Å². The zero-order valence-electron chi connectivity index (χ0n) is 11.8. The van der Waals surface area contributed by atoms with Crippen molar-refractivity contribution in [2.75, 3.05) is 13.1 Å². The van der Waals surface area contributed by atoms with Crippen LogP contribution in [0.15, 0.2) is 11.1 Å². The minimum absolute atomic E-state index is 0.158. The van der Waals surface area contributed by atoms with Gasteiger partial charge < -0.3 is 10.6 Å². The number of hydrogen-bond acceptors (Lipinski definition) is 2. The quantitative estimate of drug-likeness (QED) is 0.746. The molecule has 3 heteroatoms. The Labute approximate surface area is 115 Å². The standard InChI is InChI=1S/C16H24N2O/c1-10(14-8-17-9-14)15(19)18-16-5-11-2-12(6-16)4-13(3-11)7-16/h11-13,17H,2-9H2,1H3,(H,18,19). The molecule has 4 aliphatic carbocycles. The molecule has 19 heavy (non-hydrogen) atoms. The Bertz CT molecular complexity index is 410. The second-order valence-corrected chi connectivity index (χ2v) is 7.48. The van der Waals surface area contributed by atoms with Crippen LogP contribution in [0.5, 0.6) is 0 Å². The van der Waals surface area contributed by atoms with Gasteiger partial charge in [-0.1, -0.05) is 0 Å². The Balaban J connectivity index is 1.51. The van der Waals surface area contributed by atoms with E-state index < -0.39 is 0 Å². The highest BCUT2D eigenvalue weighted by Crippen LogP contribution is 2.55. The van der Waals surface area contributed by atoms with E-state index in [0.717, 1.165) is 36.4 Å². The third-order valence-electron chi connectivity index (χ3n) is 5.96. The van der Waals surface area contributed by atoms with Crippen LogP contribution in [0.25, 0.3) is 0 Å². The molecule has 2 N–H and O–H groups in total. The predicted molar refractivity (Wildman–Crippen MR) is 74.6 cm³/mol. The maximum Gasteiger partial charge on any atom is 0.247 e. The van der Waals surface area contributed by atoms with E-state index in [2.05, 4.69) is 10.6 Å². The van der Waals surface area contributed by atoms with E-state index in [-0.39, 0.29) is 11.4 Å². The molecule has 3 nitrogen and oxygen atoms in total. The van der Waals surface area contributed by atoms with Gasteiger partial charge in [-0.25, -0.2) is 0 Å². The molecule has 1 amide bonds. The van der Waals surface area contributed by atoms with Gasteiger partial charge in [0.05, 0.1) is 0 Å². The first-order valence-corrected chi connectivity index (χ1v) is 7.85. The molecule has 0 atom stereocenters. The number of amides is 1. The van der Waals surface area contributed by atoms with E-state index in [1.807, 2.05) is 6.92 Å². The van der Waals surface area contributed by atoms with Crippen LogP contribution in [0.3, 0.4) is 0 Å². The van der Waals surface area contributed by atoms with Crippen molar-refractivity contribution in [1.29, 1.82) is 0 Å². The van der Waals surface area contributed by atoms with Crippen molar-refractivity contribution in [2.45, 2.75) is 51.0 Å². The van der Waals surface area contributed by atoms with Gasteiger partial charge in [0.2, 0.25) is 5.91 Å². The van der Waals surface area contributed by atoms with Gasteiger partial charge in [-0.05, 0) is 68.8 Å². The highest BCUT2D eigenvalue weighted by molar-refractivity contribution is 5.94. The Hall–Kier alpha value is -0.830. The lowest BCUT2D eigenvalue weighted by atomic mass is 9.53. The first kappa shape index (κ1) is 12.0. The fourth-order valence-corrected chi connectivity index (χ4v) is 5.27. The largest absolute Gasteiger partial charge is 0.347 e. The van der Waals surface area contributed by atoms with Gasteiger partial charge >= 0.3 is 0 Å². The van der Waals surface area contributed by atoms with Crippen LogP contribution in [0.1, 0.15) is 45.4 Å². The maximum absolute atomic E-state index is 12.5. The van der Waals surface area contributed by atoms with Gasteiger partial charge in [0, 0.05) is 24.2 Å². The van der Waals surface area contributed by atoms with Gasteiger partial charge in [0.15, 0.2) is 0 Å². The van der Waals surface area contributed by atoms with Crippen molar-refractivity contribution in [3.63, 3.8) is 0 Å². The smallest absolute Gasteiger partial charge is 0.247 e. The summed E-state index contributed by atoms with van der Waals surface area (Å²) >= 11 is 0. The zero-order chi connectivity index (χ0) is 13.0. The molecule has 0 aromatic heterocycles. The van der Waals surface area contributed by atoms with Crippen molar-refractivity contribution in [2.24, 2.45) is 17.8 Å². The van der Waals surface area contributed by atoms with Crippen LogP contribution in [0.4, 0.5) is 0 Å². The third-order valence-corrected chi connectivity index (χ3v) is 5.96. The monoisotopic (exact) mass is 260 g/mol. The molecule has 0 unspecified atom stereocenters. The zero-order valence-corrected chi connectivity index (χ0v) is 11.8. The molecule has 1 heterocycles. The van der Waals surface area contributed by atoms with Crippen LogP contribution in [0.2, 0.25) is 0 Å². The van der Waals surface area contributed by atoms with Crippen LogP contribution >= 0.6 is 0 Å². The second-order valence-electron chi connectivity index (χ2n) is 7.48. The second kappa shape index (κ2) is 4.08. The third kappa shape index (κ3) is 1.94. The summed E-state index contributed by atoms with van der Waals surface area (Å²) in [6.45, 7) is 3.80. The Morgan fingerprint density at radius 2 is 1.63 bits per heavy atom. The Morgan fingerprint density at radius 1 is 1.11 bits per heavy atom. The summed E-state index contributed by atoms with van der Waals surface area (Å²) in [6, 6.07) is 0. The average molecular weight is 260 g/mol. The molecule has 4 bridgehead atoms. The molecule has 104 valence electrons. The number of carbonyl (C=O) groups excluding carboxylic acids is 1. The molecule has 0 radical (unpaired) electrons. The molecule has 4 saturated carbocycles. The fourth-order valence-electron chi connectivity index (χ4n) is 5.27. The predicted octanol–water partition coefficient (Wildman–Crippen LogP) is 1.99. The molecule has 5 aliphatic rings. The molecule has 0 aromatic carbocycles. The van der Waals surface area contributed by atoms with E-state index in [1.165, 1.54) is 44.1 Å². The molecular weight excluding hydrogens is 236 g/mol. The van der Waals surface area contributed by atoms with Crippen LogP contribution < -0.4 is 10.6 Å². The van der Waals surface area contributed by atoms with Gasteiger partial charge in [-0.3, -0.25) is 4.79 Å². The SMILES string of the molecule is CC(C(=O)NC12CC3CC(CC(C3)C1)C2)=C1CNC1. The maximum atomic E-state index is 12.5. The molecule has 0 aromatic rings. The summed E-state index contributed by atoms with van der Waals surface area (Å²) in [5.74, 6) is 2.89. The Morgan fingerprint density at radius 3 is 2.05 bits per heavy atom. The topological polar surface area (TPSA) is 41.1 Å². The summed E-state index contributed by atoms with van der Waals surface area (Å²) in [5, 5.41) is 6.67. The van der Waals surface area contributed by atoms with Gasteiger partial charge in [0.25, 0.3) is 0 Å². The summed E-state index contributed by atoms with van der Waals surface area (Å²) in [4.78, 5) is 12.5. The van der Waals surface area contributed by atoms with E-state index in [4.69, 9.17) is 0 Å². The van der Waals surface area contributed by atoms with Crippen LogP contribution in [0, 0.1) is 17.8 Å². The minimum atomic E-state index is 0.158. The normalized spacial score (nSPS) is 43.0. The molecule has 5 fully saturated rings. The number of nitrogens with one attached hydrogen (secondary N) is 2. The molecule has 1 aliphatic heterocycles. The lowest BCUT2D eigenvalue weighted by molar-refractivity contribution is -0.123. The summed E-state index contributed by atoms with van der Waals surface area (Å²) in [5.41, 5.74) is 2.42. The van der Waals surface area contributed by atoms with E-state index >= 15 is 0 Å². The van der Waals surface area contributed by atoms with Gasteiger partial charge in [0.1, 0.15) is 0 Å². The summed E-state index contributed by atoms with van der Waals surface area (Å²) in [7, 11) is 0. The highest BCUT2D eigenvalue weighted by Gasteiger charge is 2.51. The van der Waals surface area contributed by atoms with E-state index in [0.29, 0.717) is 0 Å². The van der Waals surface area contributed by atoms with Crippen molar-refractivity contribution in [3.8, 4) is 0 Å². The number of rotatable bonds is 2. The van der Waals surface area contributed by atoms with Crippen molar-refractivity contribution in [1.82, 2.24) is 10.6 Å². The van der Waals surface area contributed by atoms with Gasteiger partial charge in [-0.15, -0.1) is 0 Å². The average Bonchev–Trinajstić information content (AvgIpc) is 2.23. The summed E-state index contributed by atoms with van der Waals surface area (Å²) in [6.07, 6.45) is 8.01. The van der Waals surface area contributed by atoms with Crippen molar-refractivity contribution in [3.05, 3.63) is 11.1 Å². The van der Waals surface area contributed by atoms with Gasteiger partial charge in [-0.2, -0.15) is 0 Å². The molecular formula is C16H24N2O. The summed E-state index contributed by atoms with van der Waals surface area (Å²) < 4.78 is 0. The lowest BCUT2D eigenvalue weighted by Gasteiger charge is -2.57. The number of carbonyl (C=O) groups is 1. The van der Waals surface area contributed by atoms with E-state index in [9.17, 15) is 4.79 Å². The van der Waals surface area contributed by atoms with Crippen molar-refractivity contribution < 1.29 is 4.79 Å². The van der Waals surface area contributed by atoms with Crippen molar-refractivity contribution >= 4 is 5.91 Å². The lowest BCUT2D eigenvalue weighted by Crippen LogP contribution is -2.60. The minimum Gasteiger partial charge on any atom is -0.347 e. The fraction of sp³-hybridized carbons (Fsp3) is 0.812.